The second-order valence-electron chi connectivity index (χ2n) is 9.80. The lowest BCUT2D eigenvalue weighted by atomic mass is 9.96. The van der Waals surface area contributed by atoms with E-state index in [4.69, 9.17) is 9.47 Å². The summed E-state index contributed by atoms with van der Waals surface area (Å²) in [6.07, 6.45) is 14.8. The molecule has 1 fully saturated rings. The number of rotatable bonds is 9. The second kappa shape index (κ2) is 14.7. The van der Waals surface area contributed by atoms with E-state index in [1.165, 1.54) is 31.8 Å². The summed E-state index contributed by atoms with van der Waals surface area (Å²) in [7, 11) is 0. The molecule has 0 aliphatic carbocycles. The summed E-state index contributed by atoms with van der Waals surface area (Å²) < 4.78 is 11.4. The lowest BCUT2D eigenvalue weighted by Crippen LogP contribution is -2.34. The number of ether oxygens (including phenoxy) is 2. The van der Waals surface area contributed by atoms with Crippen LogP contribution in [0.2, 0.25) is 0 Å². The average Bonchev–Trinajstić information content (AvgIpc) is 3.50. The van der Waals surface area contributed by atoms with Gasteiger partial charge in [-0.25, -0.2) is 0 Å². The van der Waals surface area contributed by atoms with E-state index < -0.39 is 24.4 Å². The van der Waals surface area contributed by atoms with Crippen LogP contribution < -0.4 is 0 Å². The molecular weight excluding hydrogens is 420 g/mol. The third kappa shape index (κ3) is 11.0. The molecule has 2 heterocycles. The highest BCUT2D eigenvalue weighted by atomic mass is 16.6. The summed E-state index contributed by atoms with van der Waals surface area (Å²) in [5.74, 6) is -0.128. The van der Waals surface area contributed by atoms with Crippen LogP contribution in [0.4, 0.5) is 0 Å². The van der Waals surface area contributed by atoms with Crippen molar-refractivity contribution in [3.05, 3.63) is 36.5 Å². The Morgan fingerprint density at radius 2 is 1.91 bits per heavy atom. The Bertz CT molecular complexity index is 657. The Morgan fingerprint density at radius 3 is 2.67 bits per heavy atom. The Morgan fingerprint density at radius 1 is 1.15 bits per heavy atom. The highest BCUT2D eigenvalue weighted by Crippen LogP contribution is 2.31. The molecule has 0 spiro atoms. The number of fused-ring (bicyclic) bond motifs is 1. The second-order valence-corrected chi connectivity index (χ2v) is 9.80. The number of aliphatic hydroxyl groups excluding tert-OH is 3. The van der Waals surface area contributed by atoms with Gasteiger partial charge >= 0.3 is 5.97 Å². The third-order valence-corrected chi connectivity index (χ3v) is 6.34. The molecule has 6 heteroatoms. The maximum Gasteiger partial charge on any atom is 0.306 e. The molecule has 1 saturated heterocycles. The molecule has 8 atom stereocenters. The van der Waals surface area contributed by atoms with Crippen molar-refractivity contribution in [2.75, 3.05) is 0 Å². The van der Waals surface area contributed by atoms with Gasteiger partial charge < -0.3 is 24.8 Å². The lowest BCUT2D eigenvalue weighted by molar-refractivity contribution is -0.157. The van der Waals surface area contributed by atoms with E-state index in [9.17, 15) is 20.1 Å². The highest BCUT2D eigenvalue weighted by Gasteiger charge is 2.41. The van der Waals surface area contributed by atoms with Gasteiger partial charge in [-0.05, 0) is 37.5 Å². The molecule has 188 valence electrons. The molecule has 2 aliphatic rings. The predicted octanol–water partition coefficient (Wildman–Crippen LogP) is 4.23. The number of unbranched alkanes of at least 4 members (excludes halogenated alkanes) is 4. The van der Waals surface area contributed by atoms with Crippen molar-refractivity contribution in [1.29, 1.82) is 0 Å². The van der Waals surface area contributed by atoms with Crippen molar-refractivity contribution in [3.63, 3.8) is 0 Å². The van der Waals surface area contributed by atoms with Gasteiger partial charge in [-0.1, -0.05) is 76.5 Å². The molecule has 3 N–H and O–H groups in total. The van der Waals surface area contributed by atoms with Crippen LogP contribution in [0.25, 0.3) is 0 Å². The average molecular weight is 465 g/mol. The van der Waals surface area contributed by atoms with Crippen molar-refractivity contribution < 1.29 is 29.6 Å². The quantitative estimate of drug-likeness (QED) is 0.204. The van der Waals surface area contributed by atoms with Crippen LogP contribution in [0.3, 0.4) is 0 Å². The fourth-order valence-corrected chi connectivity index (χ4v) is 4.14. The van der Waals surface area contributed by atoms with Gasteiger partial charge in [0.25, 0.3) is 0 Å². The Hall–Kier alpha value is -1.47. The predicted molar refractivity (Wildman–Crippen MR) is 130 cm³/mol. The topological polar surface area (TPSA) is 99.5 Å². The minimum Gasteiger partial charge on any atom is -0.459 e. The fourth-order valence-electron chi connectivity index (χ4n) is 4.14. The highest BCUT2D eigenvalue weighted by molar-refractivity contribution is 5.69. The van der Waals surface area contributed by atoms with Crippen LogP contribution in [-0.4, -0.2) is 57.9 Å². The minimum atomic E-state index is -1.01. The summed E-state index contributed by atoms with van der Waals surface area (Å²) in [6.45, 7) is 6.21. The minimum absolute atomic E-state index is 0.0241. The Kier molecular flexibility index (Phi) is 12.4. The largest absolute Gasteiger partial charge is 0.459 e. The normalized spacial score (nSPS) is 35.0. The lowest BCUT2D eigenvalue weighted by Gasteiger charge is -2.25. The van der Waals surface area contributed by atoms with Crippen LogP contribution in [0.5, 0.6) is 0 Å². The molecule has 6 nitrogen and oxygen atoms in total. The first-order valence-corrected chi connectivity index (χ1v) is 12.7. The van der Waals surface area contributed by atoms with Crippen LogP contribution in [-0.2, 0) is 14.3 Å². The Balaban J connectivity index is 1.96. The molecule has 0 aromatic heterocycles. The molecular formula is C27H44O6. The van der Waals surface area contributed by atoms with E-state index >= 15 is 0 Å². The molecule has 0 amide bonds. The van der Waals surface area contributed by atoms with Gasteiger partial charge in [0.05, 0.1) is 12.2 Å². The van der Waals surface area contributed by atoms with Crippen molar-refractivity contribution in [3.8, 4) is 0 Å². The molecule has 2 rings (SSSR count). The van der Waals surface area contributed by atoms with Gasteiger partial charge in [-0.2, -0.15) is 0 Å². The number of epoxide rings is 1. The van der Waals surface area contributed by atoms with Gasteiger partial charge in [-0.3, -0.25) is 4.79 Å². The zero-order valence-corrected chi connectivity index (χ0v) is 20.5. The van der Waals surface area contributed by atoms with Gasteiger partial charge in [0.1, 0.15) is 24.4 Å². The van der Waals surface area contributed by atoms with E-state index in [1.807, 2.05) is 6.92 Å². The van der Waals surface area contributed by atoms with Gasteiger partial charge in [-0.15, -0.1) is 0 Å². The fraction of sp³-hybridized carbons (Fsp3) is 0.741. The first-order chi connectivity index (χ1) is 15.8. The SMILES string of the molecule is CCCCCC/C=C/[C@H](C)C[C@H](O)[C@@H]1C[C@@H]2O[C@H]2/C=C/[C@H](O)[C@@H](O)/C=C/C[C@H](C)CC(=O)O1. The molecule has 2 aliphatic heterocycles. The number of esters is 1. The third-order valence-electron chi connectivity index (χ3n) is 6.34. The van der Waals surface area contributed by atoms with Crippen molar-refractivity contribution >= 4 is 5.97 Å². The maximum atomic E-state index is 12.6. The summed E-state index contributed by atoms with van der Waals surface area (Å²) in [5.41, 5.74) is 0. The number of hydrogen-bond donors (Lipinski definition) is 3. The number of cyclic esters (lactones) is 1. The van der Waals surface area contributed by atoms with E-state index in [-0.39, 0.29) is 36.4 Å². The first-order valence-electron chi connectivity index (χ1n) is 12.7. The summed E-state index contributed by atoms with van der Waals surface area (Å²) in [4.78, 5) is 12.6. The molecule has 0 bridgehead atoms. The standard InChI is InChI=1S/C27H44O6/c1-4-5-6-7-8-9-11-19(2)16-23(30)25-18-26-24(32-26)15-14-22(29)21(28)13-10-12-20(3)17-27(31)33-25/h9-11,13-15,19-26,28-30H,4-8,12,16-18H2,1-3H3/b11-9+,13-10+,15-14+/t19-,20-,21-,22-,23-,24-,25-,26-/m0/s1. The van der Waals surface area contributed by atoms with Crippen molar-refractivity contribution in [2.24, 2.45) is 11.8 Å². The number of carbonyl (C=O) groups is 1. The van der Waals surface area contributed by atoms with Gasteiger partial charge in [0, 0.05) is 12.8 Å². The van der Waals surface area contributed by atoms with Gasteiger partial charge in [0.15, 0.2) is 0 Å². The molecule has 0 aromatic carbocycles. The van der Waals surface area contributed by atoms with E-state index in [0.717, 1.165) is 6.42 Å². The smallest absolute Gasteiger partial charge is 0.306 e. The van der Waals surface area contributed by atoms with Crippen LogP contribution in [0, 0.1) is 11.8 Å². The first kappa shape index (κ1) is 27.8. The van der Waals surface area contributed by atoms with Crippen LogP contribution >= 0.6 is 0 Å². The van der Waals surface area contributed by atoms with Crippen molar-refractivity contribution in [2.45, 2.75) is 115 Å². The molecule has 0 aromatic rings. The zero-order valence-electron chi connectivity index (χ0n) is 20.5. The van der Waals surface area contributed by atoms with Crippen LogP contribution in [0.15, 0.2) is 36.5 Å². The van der Waals surface area contributed by atoms with E-state index in [2.05, 4.69) is 26.0 Å². The molecule has 0 radical (unpaired) electrons. The number of aliphatic hydroxyl groups is 3. The summed E-state index contributed by atoms with van der Waals surface area (Å²) >= 11 is 0. The zero-order chi connectivity index (χ0) is 24.2. The number of carbonyl (C=O) groups excluding carboxylic acids is 1. The Labute approximate surface area is 199 Å². The summed E-state index contributed by atoms with van der Waals surface area (Å²) in [6, 6.07) is 0. The van der Waals surface area contributed by atoms with Crippen LogP contribution in [0.1, 0.15) is 78.6 Å². The van der Waals surface area contributed by atoms with Crippen molar-refractivity contribution in [1.82, 2.24) is 0 Å². The van der Waals surface area contributed by atoms with E-state index in [1.54, 1.807) is 18.2 Å². The monoisotopic (exact) mass is 464 g/mol. The molecule has 0 saturated carbocycles. The van der Waals surface area contributed by atoms with E-state index in [0.29, 0.717) is 19.3 Å². The van der Waals surface area contributed by atoms with Gasteiger partial charge in [0.2, 0.25) is 0 Å². The maximum absolute atomic E-state index is 12.6. The summed E-state index contributed by atoms with van der Waals surface area (Å²) in [5, 5.41) is 31.0. The molecule has 0 unspecified atom stereocenters. The number of allylic oxidation sites excluding steroid dienone is 3. The number of hydrogen-bond acceptors (Lipinski definition) is 6. The molecule has 33 heavy (non-hydrogen) atoms.